The van der Waals surface area contributed by atoms with Crippen molar-refractivity contribution in [2.24, 2.45) is 0 Å². The number of benzene rings is 1. The molecule has 0 radical (unpaired) electrons. The van der Waals surface area contributed by atoms with Crippen molar-refractivity contribution in [3.63, 3.8) is 0 Å². The van der Waals surface area contributed by atoms with Gasteiger partial charge in [0.2, 0.25) is 5.16 Å². The van der Waals surface area contributed by atoms with Gasteiger partial charge in [-0.25, -0.2) is 19.1 Å². The highest BCUT2D eigenvalue weighted by molar-refractivity contribution is 7.99. The zero-order chi connectivity index (χ0) is 18.2. The molecule has 1 aliphatic rings. The highest BCUT2D eigenvalue weighted by Gasteiger charge is 2.30. The monoisotopic (exact) mass is 378 g/mol. The molecule has 0 aliphatic heterocycles. The maximum absolute atomic E-state index is 12.3. The summed E-state index contributed by atoms with van der Waals surface area (Å²) in [6, 6.07) is 15.6. The summed E-state index contributed by atoms with van der Waals surface area (Å²) in [5.41, 5.74) is 1.58. The van der Waals surface area contributed by atoms with E-state index in [9.17, 15) is 4.79 Å². The molecule has 3 heterocycles. The van der Waals surface area contributed by atoms with Crippen LogP contribution in [-0.2, 0) is 6.54 Å². The van der Waals surface area contributed by atoms with Gasteiger partial charge in [0.05, 0.1) is 12.2 Å². The van der Waals surface area contributed by atoms with E-state index in [1.165, 1.54) is 17.5 Å². The Hall–Kier alpha value is -2.87. The third kappa shape index (κ3) is 3.16. The van der Waals surface area contributed by atoms with Gasteiger partial charge in [-0.2, -0.15) is 0 Å². The molecule has 27 heavy (non-hydrogen) atoms. The van der Waals surface area contributed by atoms with Crippen molar-refractivity contribution in [1.82, 2.24) is 28.9 Å². The van der Waals surface area contributed by atoms with Crippen LogP contribution in [0.5, 0.6) is 0 Å². The fourth-order valence-corrected chi connectivity index (χ4v) is 3.81. The average Bonchev–Trinajstić information content (AvgIpc) is 3.39. The number of rotatable bonds is 6. The van der Waals surface area contributed by atoms with Crippen molar-refractivity contribution in [2.75, 3.05) is 5.75 Å². The Balaban J connectivity index is 1.34. The van der Waals surface area contributed by atoms with Gasteiger partial charge in [0.25, 0.3) is 0 Å². The first-order valence-corrected chi connectivity index (χ1v) is 9.97. The van der Waals surface area contributed by atoms with Gasteiger partial charge in [-0.15, -0.1) is 10.2 Å². The number of hydrogen-bond acceptors (Lipinski definition) is 5. The fourth-order valence-electron chi connectivity index (χ4n) is 3.07. The van der Waals surface area contributed by atoms with E-state index >= 15 is 0 Å². The highest BCUT2D eigenvalue weighted by atomic mass is 32.2. The summed E-state index contributed by atoms with van der Waals surface area (Å²) >= 11 is 1.56. The van der Waals surface area contributed by atoms with Crippen LogP contribution in [0.3, 0.4) is 0 Å². The van der Waals surface area contributed by atoms with Gasteiger partial charge >= 0.3 is 5.69 Å². The van der Waals surface area contributed by atoms with Crippen molar-refractivity contribution < 1.29 is 0 Å². The van der Waals surface area contributed by atoms with Crippen LogP contribution in [0.25, 0.3) is 11.3 Å². The summed E-state index contributed by atoms with van der Waals surface area (Å²) in [6.45, 7) is 0.518. The van der Waals surface area contributed by atoms with Crippen LogP contribution < -0.4 is 5.69 Å². The topological polar surface area (TPSA) is 70.0 Å². The third-order valence-electron chi connectivity index (χ3n) is 4.58. The zero-order valence-electron chi connectivity index (χ0n) is 14.6. The van der Waals surface area contributed by atoms with Gasteiger partial charge < -0.3 is 0 Å². The highest BCUT2D eigenvalue weighted by Crippen LogP contribution is 2.40. The van der Waals surface area contributed by atoms with Crippen LogP contribution in [0.1, 0.15) is 24.6 Å². The maximum atomic E-state index is 12.3. The second-order valence-corrected chi connectivity index (χ2v) is 7.62. The van der Waals surface area contributed by atoms with Crippen LogP contribution in [0.15, 0.2) is 64.7 Å². The lowest BCUT2D eigenvalue weighted by Crippen LogP contribution is -2.22. The van der Waals surface area contributed by atoms with Crippen LogP contribution in [0, 0.1) is 0 Å². The lowest BCUT2D eigenvalue weighted by Gasteiger charge is -2.03. The zero-order valence-corrected chi connectivity index (χ0v) is 15.4. The van der Waals surface area contributed by atoms with E-state index in [-0.39, 0.29) is 5.69 Å². The second-order valence-electron chi connectivity index (χ2n) is 6.56. The van der Waals surface area contributed by atoms with E-state index in [4.69, 9.17) is 10.1 Å². The average molecular weight is 378 g/mol. The van der Waals surface area contributed by atoms with E-state index in [0.717, 1.165) is 16.7 Å². The molecule has 0 saturated heterocycles. The predicted octanol–water partition coefficient (Wildman–Crippen LogP) is 2.75. The Kier molecular flexibility index (Phi) is 4.05. The maximum Gasteiger partial charge on any atom is 0.350 e. The number of pyridine rings is 1. The number of aromatic nitrogens is 6. The Morgan fingerprint density at radius 3 is 2.63 bits per heavy atom. The SMILES string of the molecule is O=c1n(CCSc2nc(C3CC3)n(-c3ccccc3)n2)nc2ccccn12. The van der Waals surface area contributed by atoms with Crippen molar-refractivity contribution in [3.8, 4) is 5.69 Å². The van der Waals surface area contributed by atoms with Gasteiger partial charge in [0.15, 0.2) is 5.65 Å². The Labute approximate surface area is 159 Å². The van der Waals surface area contributed by atoms with E-state index < -0.39 is 0 Å². The van der Waals surface area contributed by atoms with Crippen molar-refractivity contribution in [3.05, 3.63) is 71.0 Å². The molecule has 136 valence electrons. The molecule has 1 aliphatic carbocycles. The molecule has 8 heteroatoms. The molecular formula is C19H18N6OS. The van der Waals surface area contributed by atoms with E-state index in [1.807, 2.05) is 53.2 Å². The van der Waals surface area contributed by atoms with Crippen molar-refractivity contribution in [2.45, 2.75) is 30.5 Å². The Morgan fingerprint density at radius 1 is 1.04 bits per heavy atom. The largest absolute Gasteiger partial charge is 0.350 e. The number of aryl methyl sites for hydroxylation is 1. The molecule has 0 unspecified atom stereocenters. The van der Waals surface area contributed by atoms with Crippen LogP contribution in [0.4, 0.5) is 0 Å². The summed E-state index contributed by atoms with van der Waals surface area (Å²) in [5, 5.41) is 9.80. The van der Waals surface area contributed by atoms with Crippen molar-refractivity contribution in [1.29, 1.82) is 0 Å². The molecule has 3 aromatic heterocycles. The molecule has 4 aromatic rings. The molecule has 0 amide bonds. The second kappa shape index (κ2) is 6.70. The van der Waals surface area contributed by atoms with E-state index in [2.05, 4.69) is 5.10 Å². The lowest BCUT2D eigenvalue weighted by atomic mass is 10.3. The van der Waals surface area contributed by atoms with Crippen molar-refractivity contribution >= 4 is 17.4 Å². The van der Waals surface area contributed by atoms with Crippen LogP contribution >= 0.6 is 11.8 Å². The molecule has 1 aromatic carbocycles. The fraction of sp³-hybridized carbons (Fsp3) is 0.263. The van der Waals surface area contributed by atoms with Crippen LogP contribution in [-0.4, -0.2) is 34.7 Å². The third-order valence-corrected chi connectivity index (χ3v) is 5.40. The van der Waals surface area contributed by atoms with Gasteiger partial charge in [0, 0.05) is 17.9 Å². The summed E-state index contributed by atoms with van der Waals surface area (Å²) in [7, 11) is 0. The number of hydrogen-bond donors (Lipinski definition) is 0. The molecule has 7 nitrogen and oxygen atoms in total. The molecule has 5 rings (SSSR count). The summed E-state index contributed by atoms with van der Waals surface area (Å²) < 4.78 is 5.01. The molecular weight excluding hydrogens is 360 g/mol. The number of thioether (sulfide) groups is 1. The Bertz CT molecular complexity index is 1140. The predicted molar refractivity (Wildman–Crippen MR) is 104 cm³/mol. The van der Waals surface area contributed by atoms with Gasteiger partial charge in [0.1, 0.15) is 5.82 Å². The summed E-state index contributed by atoms with van der Waals surface area (Å²) in [6.07, 6.45) is 4.08. The molecule has 0 atom stereocenters. The molecule has 1 saturated carbocycles. The first-order chi connectivity index (χ1) is 13.3. The smallest absolute Gasteiger partial charge is 0.250 e. The molecule has 1 fully saturated rings. The molecule has 0 spiro atoms. The molecule has 0 bridgehead atoms. The number of fused-ring (bicyclic) bond motifs is 1. The minimum absolute atomic E-state index is 0.118. The van der Waals surface area contributed by atoms with Gasteiger partial charge in [-0.05, 0) is 37.1 Å². The minimum Gasteiger partial charge on any atom is -0.250 e. The lowest BCUT2D eigenvalue weighted by molar-refractivity contribution is 0.639. The minimum atomic E-state index is -0.118. The summed E-state index contributed by atoms with van der Waals surface area (Å²) in [5.74, 6) is 2.23. The number of nitrogens with zero attached hydrogens (tertiary/aromatic N) is 6. The molecule has 0 N–H and O–H groups in total. The van der Waals surface area contributed by atoms with E-state index in [0.29, 0.717) is 23.9 Å². The first-order valence-electron chi connectivity index (χ1n) is 8.99. The van der Waals surface area contributed by atoms with Gasteiger partial charge in [-0.3, -0.25) is 4.40 Å². The quantitative estimate of drug-likeness (QED) is 0.483. The van der Waals surface area contributed by atoms with Crippen LogP contribution in [0.2, 0.25) is 0 Å². The summed E-state index contributed by atoms with van der Waals surface area (Å²) in [4.78, 5) is 17.1. The number of para-hydroxylation sites is 1. The first kappa shape index (κ1) is 16.3. The normalized spacial score (nSPS) is 14.1. The standard InChI is InChI=1S/C19H18N6OS/c26-19-23-11-5-4-8-16(23)21-24(19)12-13-27-18-20-17(14-9-10-14)25(22-18)15-6-2-1-3-7-15/h1-8,11,14H,9-10,12-13H2. The van der Waals surface area contributed by atoms with Gasteiger partial charge in [-0.1, -0.05) is 36.0 Å². The van der Waals surface area contributed by atoms with E-state index in [1.54, 1.807) is 22.4 Å². The Morgan fingerprint density at radius 2 is 1.85 bits per heavy atom.